The number of benzene rings is 1. The van der Waals surface area contributed by atoms with Crippen LogP contribution in [0.4, 0.5) is 0 Å². The van der Waals surface area contributed by atoms with Crippen molar-refractivity contribution in [3.63, 3.8) is 0 Å². The fourth-order valence-electron chi connectivity index (χ4n) is 2.06. The lowest BCUT2D eigenvalue weighted by atomic mass is 10.1. The van der Waals surface area contributed by atoms with E-state index in [0.717, 1.165) is 0 Å². The van der Waals surface area contributed by atoms with Crippen molar-refractivity contribution < 1.29 is 24.3 Å². The van der Waals surface area contributed by atoms with E-state index in [1.165, 1.54) is 28.8 Å². The summed E-state index contributed by atoms with van der Waals surface area (Å²) in [6.07, 6.45) is 1.08. The molecule has 0 spiro atoms. The van der Waals surface area contributed by atoms with Crippen LogP contribution >= 0.6 is 24.0 Å². The van der Waals surface area contributed by atoms with Gasteiger partial charge in [0.15, 0.2) is 0 Å². The Morgan fingerprint density at radius 1 is 1.35 bits per heavy atom. The van der Waals surface area contributed by atoms with Gasteiger partial charge in [-0.2, -0.15) is 0 Å². The van der Waals surface area contributed by atoms with Crippen LogP contribution in [0, 0.1) is 0 Å². The topological polar surface area (TPSA) is 133 Å². The van der Waals surface area contributed by atoms with Crippen LogP contribution in [0.2, 0.25) is 0 Å². The lowest BCUT2D eigenvalue weighted by molar-refractivity contribution is -0.308. The molecular weight excluding hydrogens is 378 g/mol. The van der Waals surface area contributed by atoms with Gasteiger partial charge in [-0.05, 0) is 23.8 Å². The summed E-state index contributed by atoms with van der Waals surface area (Å²) < 4.78 is 0.458. The minimum atomic E-state index is -1.60. The molecule has 8 nitrogen and oxygen atoms in total. The Bertz CT molecular complexity index is 820. The van der Waals surface area contributed by atoms with Gasteiger partial charge in [0, 0.05) is 12.6 Å². The number of carboxylic acids is 1. The number of thioether (sulfide) groups is 1. The standard InChI is InChI=1S/C16H15N3O5S2/c1-19-14(22)11(26-16(19)25)6-8-2-4-9(5-3-8)13(21)18-10(15(23)24)7-12(17)20/h2-6,10H,7H2,1H3,(H2,17,20)(H,18,21)(H,23,24)/p-1/b11-6+/t10-/m1/s1. The van der Waals surface area contributed by atoms with Crippen LogP contribution in [0.25, 0.3) is 6.08 Å². The van der Waals surface area contributed by atoms with Crippen molar-refractivity contribution in [2.75, 3.05) is 7.05 Å². The Hall–Kier alpha value is -2.72. The molecule has 1 aliphatic rings. The molecule has 1 saturated heterocycles. The number of thiocarbonyl (C=S) groups is 1. The number of primary amides is 1. The molecule has 1 aromatic rings. The molecule has 0 saturated carbocycles. The molecule has 1 aromatic carbocycles. The zero-order valence-electron chi connectivity index (χ0n) is 13.6. The van der Waals surface area contributed by atoms with Crippen molar-refractivity contribution >= 4 is 58.1 Å². The molecule has 26 heavy (non-hydrogen) atoms. The Morgan fingerprint density at radius 2 is 1.96 bits per heavy atom. The quantitative estimate of drug-likeness (QED) is 0.480. The highest BCUT2D eigenvalue weighted by Gasteiger charge is 2.28. The van der Waals surface area contributed by atoms with Gasteiger partial charge in [-0.15, -0.1) is 0 Å². The van der Waals surface area contributed by atoms with Crippen LogP contribution in [-0.2, 0) is 14.4 Å². The molecule has 3 N–H and O–H groups in total. The van der Waals surface area contributed by atoms with Crippen molar-refractivity contribution in [1.29, 1.82) is 0 Å². The number of hydrogen-bond donors (Lipinski definition) is 2. The minimum Gasteiger partial charge on any atom is -0.548 e. The van der Waals surface area contributed by atoms with Crippen molar-refractivity contribution in [3.05, 3.63) is 40.3 Å². The van der Waals surface area contributed by atoms with Crippen LogP contribution in [0.5, 0.6) is 0 Å². The Kier molecular flexibility index (Phi) is 6.11. The number of hydrogen-bond acceptors (Lipinski definition) is 7. The second-order valence-corrected chi connectivity index (χ2v) is 7.05. The van der Waals surface area contributed by atoms with Crippen molar-refractivity contribution in [2.24, 2.45) is 5.73 Å². The zero-order valence-corrected chi connectivity index (χ0v) is 15.2. The molecule has 10 heteroatoms. The molecule has 2 rings (SSSR count). The number of carbonyl (C=O) groups excluding carboxylic acids is 4. The lowest BCUT2D eigenvalue weighted by Crippen LogP contribution is -2.49. The molecule has 1 fully saturated rings. The van der Waals surface area contributed by atoms with Crippen LogP contribution in [-0.4, -0.2) is 46.0 Å². The summed E-state index contributed by atoms with van der Waals surface area (Å²) in [4.78, 5) is 47.7. The highest BCUT2D eigenvalue weighted by atomic mass is 32.2. The SMILES string of the molecule is CN1C(=O)/C(=C\c2ccc(C(=O)N[C@H](CC(N)=O)C(=O)[O-])cc2)SC1=S. The van der Waals surface area contributed by atoms with Gasteiger partial charge in [0.05, 0.1) is 23.3 Å². The summed E-state index contributed by atoms with van der Waals surface area (Å²) in [6.45, 7) is 0. The molecule has 0 bridgehead atoms. The summed E-state index contributed by atoms with van der Waals surface area (Å²) in [5.41, 5.74) is 5.80. The van der Waals surface area contributed by atoms with E-state index in [9.17, 15) is 24.3 Å². The normalized spacial score (nSPS) is 16.7. The second kappa shape index (κ2) is 8.11. The van der Waals surface area contributed by atoms with Crippen molar-refractivity contribution in [1.82, 2.24) is 10.2 Å². The predicted octanol–water partition coefficient (Wildman–Crippen LogP) is -0.759. The number of carboxylic acid groups (broad SMARTS) is 1. The summed E-state index contributed by atoms with van der Waals surface area (Å²) in [6, 6.07) is 4.61. The van der Waals surface area contributed by atoms with Gasteiger partial charge >= 0.3 is 0 Å². The average molecular weight is 392 g/mol. The number of nitrogens with one attached hydrogen (secondary N) is 1. The maximum absolute atomic E-state index is 12.1. The monoisotopic (exact) mass is 392 g/mol. The molecule has 1 heterocycles. The molecule has 136 valence electrons. The van der Waals surface area contributed by atoms with Gasteiger partial charge in [-0.25, -0.2) is 0 Å². The number of nitrogens with two attached hydrogens (primary N) is 1. The van der Waals surface area contributed by atoms with E-state index in [2.05, 4.69) is 5.32 Å². The maximum atomic E-state index is 12.1. The number of carbonyl (C=O) groups is 4. The number of rotatable bonds is 6. The van der Waals surface area contributed by atoms with Gasteiger partial charge in [-0.3, -0.25) is 19.3 Å². The number of likely N-dealkylation sites (N-methyl/N-ethyl adjacent to an activating group) is 1. The largest absolute Gasteiger partial charge is 0.548 e. The molecule has 0 unspecified atom stereocenters. The summed E-state index contributed by atoms with van der Waals surface area (Å²) in [5, 5.41) is 13.1. The lowest BCUT2D eigenvalue weighted by Gasteiger charge is -2.18. The van der Waals surface area contributed by atoms with Gasteiger partial charge in [0.1, 0.15) is 4.32 Å². The Balaban J connectivity index is 2.10. The highest BCUT2D eigenvalue weighted by Crippen LogP contribution is 2.31. The van der Waals surface area contributed by atoms with E-state index in [1.807, 2.05) is 0 Å². The first-order valence-corrected chi connectivity index (χ1v) is 8.53. The third kappa shape index (κ3) is 4.67. The molecule has 0 aromatic heterocycles. The number of nitrogens with zero attached hydrogens (tertiary/aromatic N) is 1. The minimum absolute atomic E-state index is 0.181. The van der Waals surface area contributed by atoms with Crippen LogP contribution in [0.15, 0.2) is 29.2 Å². The highest BCUT2D eigenvalue weighted by molar-refractivity contribution is 8.26. The first kappa shape index (κ1) is 19.6. The Labute approximate surface area is 158 Å². The van der Waals surface area contributed by atoms with Gasteiger partial charge in [-0.1, -0.05) is 36.1 Å². The van der Waals surface area contributed by atoms with E-state index < -0.39 is 30.2 Å². The predicted molar refractivity (Wildman–Crippen MR) is 97.5 cm³/mol. The van der Waals surface area contributed by atoms with Crippen molar-refractivity contribution in [2.45, 2.75) is 12.5 Å². The molecule has 0 aliphatic carbocycles. The fraction of sp³-hybridized carbons (Fsp3) is 0.188. The van der Waals surface area contributed by atoms with Gasteiger partial charge < -0.3 is 21.0 Å². The van der Waals surface area contributed by atoms with Crippen molar-refractivity contribution in [3.8, 4) is 0 Å². The second-order valence-electron chi connectivity index (χ2n) is 5.38. The van der Waals surface area contributed by atoms with Crippen LogP contribution in [0.3, 0.4) is 0 Å². The maximum Gasteiger partial charge on any atom is 0.265 e. The van der Waals surface area contributed by atoms with Crippen LogP contribution < -0.4 is 16.2 Å². The first-order chi connectivity index (χ1) is 12.2. The zero-order chi connectivity index (χ0) is 19.4. The molecule has 0 radical (unpaired) electrons. The van der Waals surface area contributed by atoms with Crippen LogP contribution in [0.1, 0.15) is 22.3 Å². The van der Waals surface area contributed by atoms with E-state index in [0.29, 0.717) is 14.8 Å². The van der Waals surface area contributed by atoms with E-state index >= 15 is 0 Å². The molecule has 1 aliphatic heterocycles. The Morgan fingerprint density at radius 3 is 2.42 bits per heavy atom. The fourth-order valence-corrected chi connectivity index (χ4v) is 3.24. The molecule has 1 atom stereocenters. The van der Waals surface area contributed by atoms with Gasteiger partial charge in [0.2, 0.25) is 5.91 Å². The number of aliphatic carboxylic acids is 1. The number of amides is 3. The van der Waals surface area contributed by atoms with E-state index in [4.69, 9.17) is 18.0 Å². The molecular formula is C16H14N3O5S2-. The third-order valence-corrected chi connectivity index (χ3v) is 4.94. The summed E-state index contributed by atoms with van der Waals surface area (Å²) in [7, 11) is 1.59. The summed E-state index contributed by atoms with van der Waals surface area (Å²) in [5.74, 6) is -3.37. The van der Waals surface area contributed by atoms with Gasteiger partial charge in [0.25, 0.3) is 11.8 Å². The summed E-state index contributed by atoms with van der Waals surface area (Å²) >= 11 is 6.22. The van der Waals surface area contributed by atoms with E-state index in [1.54, 1.807) is 25.3 Å². The molecule has 3 amide bonds. The first-order valence-electron chi connectivity index (χ1n) is 7.30. The average Bonchev–Trinajstić information content (AvgIpc) is 2.81. The van der Waals surface area contributed by atoms with E-state index in [-0.39, 0.29) is 11.5 Å². The smallest absolute Gasteiger partial charge is 0.265 e. The third-order valence-electron chi connectivity index (χ3n) is 3.45.